The van der Waals surface area contributed by atoms with Crippen molar-refractivity contribution in [2.24, 2.45) is 0 Å². The summed E-state index contributed by atoms with van der Waals surface area (Å²) in [5.74, 6) is 0.0665. The van der Waals surface area contributed by atoms with Gasteiger partial charge in [0.1, 0.15) is 0 Å². The fourth-order valence-electron chi connectivity index (χ4n) is 1.33. The van der Waals surface area contributed by atoms with E-state index < -0.39 is 0 Å². The van der Waals surface area contributed by atoms with Gasteiger partial charge >= 0.3 is 0 Å². The van der Waals surface area contributed by atoms with Crippen molar-refractivity contribution in [3.63, 3.8) is 0 Å². The highest BCUT2D eigenvalue weighted by Gasteiger charge is 1.96. The van der Waals surface area contributed by atoms with Crippen LogP contribution in [0.3, 0.4) is 0 Å². The first-order valence-electron chi connectivity index (χ1n) is 5.93. The molecule has 0 amide bonds. The quantitative estimate of drug-likeness (QED) is 0.396. The van der Waals surface area contributed by atoms with Gasteiger partial charge in [0, 0.05) is 6.42 Å². The summed E-state index contributed by atoms with van der Waals surface area (Å²) < 4.78 is 5.43. The van der Waals surface area contributed by atoms with Gasteiger partial charge in [0.2, 0.25) is 0 Å². The van der Waals surface area contributed by atoms with E-state index >= 15 is 0 Å². The number of hydrogen-bond donors (Lipinski definition) is 0. The Morgan fingerprint density at radius 3 is 2.67 bits per heavy atom. The average molecular weight is 242 g/mol. The molecule has 1 rings (SSSR count). The first-order chi connectivity index (χ1) is 8.83. The molecule has 0 spiro atoms. The molecule has 0 bridgehead atoms. The maximum atomic E-state index is 11.4. The van der Waals surface area contributed by atoms with Crippen molar-refractivity contribution >= 4 is 5.78 Å². The number of ether oxygens (including phenoxy) is 1. The van der Waals surface area contributed by atoms with E-state index in [-0.39, 0.29) is 5.78 Å². The van der Waals surface area contributed by atoms with Crippen molar-refractivity contribution in [1.29, 1.82) is 0 Å². The van der Waals surface area contributed by atoms with Crippen LogP contribution < -0.4 is 0 Å². The van der Waals surface area contributed by atoms with Crippen LogP contribution in [0.25, 0.3) is 0 Å². The molecule has 0 fully saturated rings. The molecular formula is C16H18O2. The lowest BCUT2D eigenvalue weighted by Gasteiger charge is -2.02. The first kappa shape index (κ1) is 14.1. The number of hydrogen-bond acceptors (Lipinski definition) is 2. The molecule has 0 aliphatic carbocycles. The summed E-state index contributed by atoms with van der Waals surface area (Å²) in [5.41, 5.74) is 1.12. The summed E-state index contributed by atoms with van der Waals surface area (Å²) in [4.78, 5) is 11.4. The Morgan fingerprint density at radius 2 is 1.94 bits per heavy atom. The van der Waals surface area contributed by atoms with E-state index in [0.29, 0.717) is 19.6 Å². The van der Waals surface area contributed by atoms with E-state index in [1.807, 2.05) is 30.3 Å². The smallest absolute Gasteiger partial charge is 0.157 e. The summed E-state index contributed by atoms with van der Waals surface area (Å²) in [5, 5.41) is 0. The van der Waals surface area contributed by atoms with Gasteiger partial charge in [0.15, 0.2) is 5.78 Å². The van der Waals surface area contributed by atoms with Crippen molar-refractivity contribution in [2.45, 2.75) is 13.0 Å². The summed E-state index contributed by atoms with van der Waals surface area (Å²) in [7, 11) is 0. The predicted octanol–water partition coefficient (Wildman–Crippen LogP) is 3.46. The summed E-state index contributed by atoms with van der Waals surface area (Å²) in [6, 6.07) is 9.91. The van der Waals surface area contributed by atoms with Gasteiger partial charge in [0.05, 0.1) is 13.2 Å². The van der Waals surface area contributed by atoms with Gasteiger partial charge in [-0.15, -0.1) is 0 Å². The Morgan fingerprint density at radius 1 is 1.17 bits per heavy atom. The van der Waals surface area contributed by atoms with Crippen LogP contribution in [0.2, 0.25) is 0 Å². The van der Waals surface area contributed by atoms with Gasteiger partial charge in [-0.2, -0.15) is 0 Å². The predicted molar refractivity (Wildman–Crippen MR) is 74.2 cm³/mol. The maximum Gasteiger partial charge on any atom is 0.157 e. The minimum atomic E-state index is 0.0665. The summed E-state index contributed by atoms with van der Waals surface area (Å²) in [6.07, 6.45) is 8.88. The van der Waals surface area contributed by atoms with Crippen LogP contribution in [0.1, 0.15) is 12.0 Å². The van der Waals surface area contributed by atoms with Gasteiger partial charge < -0.3 is 4.74 Å². The Bertz CT molecular complexity index is 416. The molecule has 94 valence electrons. The third kappa shape index (κ3) is 6.61. The van der Waals surface area contributed by atoms with Crippen LogP contribution in [0, 0.1) is 0 Å². The molecule has 2 nitrogen and oxygen atoms in total. The third-order valence-corrected chi connectivity index (χ3v) is 2.24. The van der Waals surface area contributed by atoms with E-state index in [2.05, 4.69) is 6.58 Å². The maximum absolute atomic E-state index is 11.4. The van der Waals surface area contributed by atoms with Crippen LogP contribution in [0.4, 0.5) is 0 Å². The van der Waals surface area contributed by atoms with Gasteiger partial charge in [-0.25, -0.2) is 0 Å². The number of benzene rings is 1. The lowest BCUT2D eigenvalue weighted by atomic mass is 10.2. The number of rotatable bonds is 8. The van der Waals surface area contributed by atoms with Crippen LogP contribution in [0.15, 0.2) is 67.3 Å². The Kier molecular flexibility index (Phi) is 7.17. The molecule has 1 aromatic carbocycles. The van der Waals surface area contributed by atoms with E-state index in [1.165, 1.54) is 0 Å². The number of carbonyl (C=O) groups is 1. The van der Waals surface area contributed by atoms with E-state index in [4.69, 9.17) is 4.74 Å². The molecule has 18 heavy (non-hydrogen) atoms. The molecule has 0 aliphatic heterocycles. The molecule has 0 unspecified atom stereocenters. The SMILES string of the molecule is C=CC=CC=CC(=O)CCOCc1ccccc1. The van der Waals surface area contributed by atoms with Crippen molar-refractivity contribution in [3.8, 4) is 0 Å². The van der Waals surface area contributed by atoms with E-state index in [0.717, 1.165) is 5.56 Å². The average Bonchev–Trinajstić information content (AvgIpc) is 2.41. The lowest BCUT2D eigenvalue weighted by molar-refractivity contribution is -0.115. The van der Waals surface area contributed by atoms with Crippen LogP contribution >= 0.6 is 0 Å². The molecule has 2 heteroatoms. The van der Waals surface area contributed by atoms with Crippen LogP contribution in [-0.4, -0.2) is 12.4 Å². The van der Waals surface area contributed by atoms with Gasteiger partial charge in [0.25, 0.3) is 0 Å². The second kappa shape index (κ2) is 9.14. The van der Waals surface area contributed by atoms with E-state index in [1.54, 1.807) is 30.4 Å². The number of allylic oxidation sites excluding steroid dienone is 5. The largest absolute Gasteiger partial charge is 0.376 e. The second-order valence-electron chi connectivity index (χ2n) is 3.73. The summed E-state index contributed by atoms with van der Waals surface area (Å²) in [6.45, 7) is 4.54. The highest BCUT2D eigenvalue weighted by atomic mass is 16.5. The zero-order chi connectivity index (χ0) is 13.1. The van der Waals surface area contributed by atoms with Crippen LogP contribution in [0.5, 0.6) is 0 Å². The molecule has 0 aliphatic rings. The van der Waals surface area contributed by atoms with Crippen molar-refractivity contribution in [1.82, 2.24) is 0 Å². The minimum Gasteiger partial charge on any atom is -0.376 e. The Hall–Kier alpha value is -1.93. The number of carbonyl (C=O) groups excluding carboxylic acids is 1. The minimum absolute atomic E-state index is 0.0665. The zero-order valence-corrected chi connectivity index (χ0v) is 10.4. The van der Waals surface area contributed by atoms with E-state index in [9.17, 15) is 4.79 Å². The fraction of sp³-hybridized carbons (Fsp3) is 0.188. The fourth-order valence-corrected chi connectivity index (χ4v) is 1.33. The van der Waals surface area contributed by atoms with Gasteiger partial charge in [-0.1, -0.05) is 61.2 Å². The number of ketones is 1. The molecule has 0 heterocycles. The highest BCUT2D eigenvalue weighted by Crippen LogP contribution is 2.01. The van der Waals surface area contributed by atoms with Gasteiger partial charge in [-0.3, -0.25) is 4.79 Å². The molecule has 0 aromatic heterocycles. The first-order valence-corrected chi connectivity index (χ1v) is 5.93. The van der Waals surface area contributed by atoms with Crippen molar-refractivity contribution in [3.05, 3.63) is 72.9 Å². The monoisotopic (exact) mass is 242 g/mol. The standard InChI is InChI=1S/C16H18O2/c1-2-3-4-8-11-16(17)12-13-18-14-15-9-6-5-7-10-15/h2-11H,1,12-14H2. The third-order valence-electron chi connectivity index (χ3n) is 2.24. The second-order valence-corrected chi connectivity index (χ2v) is 3.73. The normalized spacial score (nSPS) is 11.1. The van der Waals surface area contributed by atoms with Crippen LogP contribution in [-0.2, 0) is 16.1 Å². The zero-order valence-electron chi connectivity index (χ0n) is 10.4. The Balaban J connectivity index is 2.14. The van der Waals surface area contributed by atoms with Crippen molar-refractivity contribution < 1.29 is 9.53 Å². The van der Waals surface area contributed by atoms with Gasteiger partial charge in [-0.05, 0) is 11.6 Å². The molecule has 0 saturated heterocycles. The lowest BCUT2D eigenvalue weighted by Crippen LogP contribution is -2.01. The molecular weight excluding hydrogens is 224 g/mol. The molecule has 0 saturated carbocycles. The molecule has 0 radical (unpaired) electrons. The Labute approximate surface area is 108 Å². The topological polar surface area (TPSA) is 26.3 Å². The molecule has 0 N–H and O–H groups in total. The highest BCUT2D eigenvalue weighted by molar-refractivity contribution is 5.89. The van der Waals surface area contributed by atoms with Crippen molar-refractivity contribution in [2.75, 3.05) is 6.61 Å². The summed E-state index contributed by atoms with van der Waals surface area (Å²) >= 11 is 0. The molecule has 0 atom stereocenters. The molecule has 1 aromatic rings.